The maximum atomic E-state index is 11.9. The number of amides is 1. The van der Waals surface area contributed by atoms with Crippen molar-refractivity contribution in [1.29, 1.82) is 0 Å². The van der Waals surface area contributed by atoms with Gasteiger partial charge in [0.2, 0.25) is 5.91 Å². The normalized spacial score (nSPS) is 20.1. The van der Waals surface area contributed by atoms with E-state index in [9.17, 15) is 4.79 Å². The minimum absolute atomic E-state index is 0.0924. The van der Waals surface area contributed by atoms with Gasteiger partial charge in [-0.05, 0) is 34.0 Å². The fraction of sp³-hybridized carbons (Fsp3) is 0.364. The summed E-state index contributed by atoms with van der Waals surface area (Å²) < 4.78 is 0.733. The highest BCUT2D eigenvalue weighted by Gasteiger charge is 2.31. The molecule has 92 valence electrons. The summed E-state index contributed by atoms with van der Waals surface area (Å²) >= 11 is 18.9. The second-order valence-electron chi connectivity index (χ2n) is 3.92. The lowest BCUT2D eigenvalue weighted by atomic mass is 10.2. The van der Waals surface area contributed by atoms with Crippen LogP contribution in [-0.4, -0.2) is 17.8 Å². The highest BCUT2D eigenvalue weighted by Crippen LogP contribution is 2.39. The summed E-state index contributed by atoms with van der Waals surface area (Å²) in [6.07, 6.45) is 0.551. The van der Waals surface area contributed by atoms with Gasteiger partial charge in [-0.1, -0.05) is 39.1 Å². The van der Waals surface area contributed by atoms with E-state index in [0.29, 0.717) is 34.6 Å². The zero-order valence-corrected chi connectivity index (χ0v) is 13.4. The Morgan fingerprint density at radius 3 is 2.65 bits per heavy atom. The third-order valence-corrected chi connectivity index (χ3v) is 5.41. The highest BCUT2D eigenvalue weighted by molar-refractivity contribution is 9.10. The van der Waals surface area contributed by atoms with Crippen LogP contribution in [0.5, 0.6) is 0 Å². The molecule has 1 aromatic rings. The second-order valence-corrected chi connectivity index (χ2v) is 6.18. The van der Waals surface area contributed by atoms with Crippen molar-refractivity contribution in [3.63, 3.8) is 0 Å². The van der Waals surface area contributed by atoms with Crippen LogP contribution < -0.4 is 4.90 Å². The van der Waals surface area contributed by atoms with Crippen LogP contribution >= 0.6 is 55.1 Å². The summed E-state index contributed by atoms with van der Waals surface area (Å²) in [4.78, 5) is 13.6. The zero-order chi connectivity index (χ0) is 12.6. The molecule has 1 aliphatic rings. The van der Waals surface area contributed by atoms with Crippen LogP contribution in [0.3, 0.4) is 0 Å². The lowest BCUT2D eigenvalue weighted by molar-refractivity contribution is -0.117. The molecule has 1 heterocycles. The average Bonchev–Trinajstić information content (AvgIpc) is 2.68. The molecule has 1 aliphatic heterocycles. The van der Waals surface area contributed by atoms with Crippen molar-refractivity contribution >= 4 is 66.7 Å². The summed E-state index contributed by atoms with van der Waals surface area (Å²) in [5.74, 6) is 0.427. The first-order chi connectivity index (χ1) is 8.04. The molecule has 1 atom stereocenters. The standard InChI is InChI=1S/C11H9Br2Cl2NO/c12-4-6-3-9(17)16(5-6)8-2-1-7(13)10(14)11(8)15/h1-2,6H,3-5H2. The van der Waals surface area contributed by atoms with Crippen LogP contribution in [0.4, 0.5) is 5.69 Å². The summed E-state index contributed by atoms with van der Waals surface area (Å²) in [5.41, 5.74) is 0.688. The topological polar surface area (TPSA) is 20.3 Å². The Balaban J connectivity index is 2.35. The lowest BCUT2D eigenvalue weighted by Crippen LogP contribution is -2.25. The van der Waals surface area contributed by atoms with Gasteiger partial charge in [0, 0.05) is 22.8 Å². The second kappa shape index (κ2) is 5.47. The number of benzene rings is 1. The summed E-state index contributed by atoms with van der Waals surface area (Å²) in [5, 5.41) is 1.68. The molecule has 0 N–H and O–H groups in total. The van der Waals surface area contributed by atoms with Crippen molar-refractivity contribution in [3.05, 3.63) is 26.7 Å². The Kier molecular flexibility index (Phi) is 4.40. The molecule has 1 unspecified atom stereocenters. The molecule has 2 rings (SSSR count). The number of hydrogen-bond donors (Lipinski definition) is 0. The van der Waals surface area contributed by atoms with E-state index in [2.05, 4.69) is 31.9 Å². The maximum Gasteiger partial charge on any atom is 0.227 e. The molecular formula is C11H9Br2Cl2NO. The minimum atomic E-state index is 0.0924. The van der Waals surface area contributed by atoms with Crippen molar-refractivity contribution in [1.82, 2.24) is 0 Å². The predicted molar refractivity (Wildman–Crippen MR) is 78.4 cm³/mol. The molecule has 1 fully saturated rings. The average molecular weight is 402 g/mol. The van der Waals surface area contributed by atoms with Gasteiger partial charge in [0.25, 0.3) is 0 Å². The fourth-order valence-corrected chi connectivity index (χ4v) is 3.15. The van der Waals surface area contributed by atoms with E-state index in [-0.39, 0.29) is 5.91 Å². The molecule has 1 aromatic carbocycles. The van der Waals surface area contributed by atoms with Crippen LogP contribution in [-0.2, 0) is 4.79 Å². The van der Waals surface area contributed by atoms with Gasteiger partial charge in [0.15, 0.2) is 0 Å². The SMILES string of the molecule is O=C1CC(CBr)CN1c1ccc(Br)c(Cl)c1Cl. The summed E-state index contributed by atoms with van der Waals surface area (Å²) in [6.45, 7) is 0.682. The number of alkyl halides is 1. The Labute approximate surface area is 127 Å². The fourth-order valence-electron chi connectivity index (χ4n) is 1.84. The molecule has 2 nitrogen and oxygen atoms in total. The van der Waals surface area contributed by atoms with Gasteiger partial charge in [-0.3, -0.25) is 4.79 Å². The van der Waals surface area contributed by atoms with Gasteiger partial charge < -0.3 is 4.90 Å². The third-order valence-electron chi connectivity index (χ3n) is 2.73. The van der Waals surface area contributed by atoms with Gasteiger partial charge in [-0.2, -0.15) is 0 Å². The van der Waals surface area contributed by atoms with E-state index in [1.165, 1.54) is 0 Å². The zero-order valence-electron chi connectivity index (χ0n) is 8.72. The molecule has 0 bridgehead atoms. The van der Waals surface area contributed by atoms with Crippen LogP contribution in [0.2, 0.25) is 10.0 Å². The number of carbonyl (C=O) groups excluding carboxylic acids is 1. The molecule has 6 heteroatoms. The highest BCUT2D eigenvalue weighted by atomic mass is 79.9. The largest absolute Gasteiger partial charge is 0.311 e. The van der Waals surface area contributed by atoms with Crippen molar-refractivity contribution in [2.24, 2.45) is 5.92 Å². The van der Waals surface area contributed by atoms with Crippen molar-refractivity contribution in [3.8, 4) is 0 Å². The van der Waals surface area contributed by atoms with Gasteiger partial charge in [-0.15, -0.1) is 0 Å². The van der Waals surface area contributed by atoms with Crippen molar-refractivity contribution < 1.29 is 4.79 Å². The first kappa shape index (κ1) is 13.7. The summed E-state index contributed by atoms with van der Waals surface area (Å²) in [6, 6.07) is 3.62. The van der Waals surface area contributed by atoms with Gasteiger partial charge in [-0.25, -0.2) is 0 Å². The molecule has 1 amide bonds. The Morgan fingerprint density at radius 2 is 2.06 bits per heavy atom. The number of nitrogens with zero attached hydrogens (tertiary/aromatic N) is 1. The molecule has 0 spiro atoms. The molecule has 0 saturated carbocycles. The minimum Gasteiger partial charge on any atom is -0.311 e. The van der Waals surface area contributed by atoms with Crippen LogP contribution in [0.25, 0.3) is 0 Å². The van der Waals surface area contributed by atoms with Crippen molar-refractivity contribution in [2.75, 3.05) is 16.8 Å². The number of anilines is 1. The van der Waals surface area contributed by atoms with E-state index in [0.717, 1.165) is 9.80 Å². The molecule has 0 aliphatic carbocycles. The van der Waals surface area contributed by atoms with E-state index in [1.54, 1.807) is 11.0 Å². The Hall–Kier alpha value is 0.230. The monoisotopic (exact) mass is 399 g/mol. The number of rotatable bonds is 2. The summed E-state index contributed by atoms with van der Waals surface area (Å²) in [7, 11) is 0. The smallest absolute Gasteiger partial charge is 0.227 e. The molecule has 0 aromatic heterocycles. The van der Waals surface area contributed by atoms with Crippen molar-refractivity contribution in [2.45, 2.75) is 6.42 Å². The van der Waals surface area contributed by atoms with E-state index >= 15 is 0 Å². The number of hydrogen-bond acceptors (Lipinski definition) is 1. The maximum absolute atomic E-state index is 11.9. The Bertz CT molecular complexity index is 467. The molecular weight excluding hydrogens is 393 g/mol. The van der Waals surface area contributed by atoms with E-state index in [1.807, 2.05) is 6.07 Å². The van der Waals surface area contributed by atoms with Gasteiger partial charge in [0.1, 0.15) is 0 Å². The molecule has 0 radical (unpaired) electrons. The first-order valence-corrected chi connectivity index (χ1v) is 7.71. The van der Waals surface area contributed by atoms with Gasteiger partial charge in [0.05, 0.1) is 15.7 Å². The lowest BCUT2D eigenvalue weighted by Gasteiger charge is -2.19. The third kappa shape index (κ3) is 2.65. The Morgan fingerprint density at radius 1 is 1.35 bits per heavy atom. The number of halogens is 4. The quantitative estimate of drug-likeness (QED) is 0.527. The van der Waals surface area contributed by atoms with Crippen LogP contribution in [0, 0.1) is 5.92 Å². The molecule has 17 heavy (non-hydrogen) atoms. The van der Waals surface area contributed by atoms with E-state index < -0.39 is 0 Å². The van der Waals surface area contributed by atoms with Crippen LogP contribution in [0.1, 0.15) is 6.42 Å². The number of carbonyl (C=O) groups is 1. The van der Waals surface area contributed by atoms with Crippen LogP contribution in [0.15, 0.2) is 16.6 Å². The predicted octanol–water partition coefficient (Wildman–Crippen LogP) is 4.50. The first-order valence-electron chi connectivity index (χ1n) is 5.04. The molecule has 1 saturated heterocycles. The van der Waals surface area contributed by atoms with E-state index in [4.69, 9.17) is 23.2 Å². The van der Waals surface area contributed by atoms with Gasteiger partial charge >= 0.3 is 0 Å².